The summed E-state index contributed by atoms with van der Waals surface area (Å²) in [5.41, 5.74) is 8.79. The molecule has 0 atom stereocenters. The Labute approximate surface area is 102 Å². The second kappa shape index (κ2) is 5.50. The zero-order valence-electron chi connectivity index (χ0n) is 8.95. The third kappa shape index (κ3) is 3.23. The van der Waals surface area contributed by atoms with Gasteiger partial charge in [-0.3, -0.25) is 0 Å². The molecule has 2 amide bonds. The van der Waals surface area contributed by atoms with Gasteiger partial charge in [0.25, 0.3) is 0 Å². The molecule has 3 N–H and O–H groups in total. The second-order valence-electron chi connectivity index (χ2n) is 3.08. The minimum Gasteiger partial charge on any atom is -0.496 e. The van der Waals surface area contributed by atoms with Crippen LogP contribution >= 0.6 is 15.9 Å². The lowest BCUT2D eigenvalue weighted by molar-refractivity contribution is 0.249. The van der Waals surface area contributed by atoms with Gasteiger partial charge in [-0.1, -0.05) is 15.9 Å². The standard InChI is InChI=1S/C10H12BrN3O2/c1-6-3-9(16-2)7(4-8(6)11)5-13-14-10(12)15/h3-5H,1-2H3,(H3,12,14,15). The van der Waals surface area contributed by atoms with Gasteiger partial charge in [0, 0.05) is 10.0 Å². The van der Waals surface area contributed by atoms with E-state index in [0.717, 1.165) is 15.6 Å². The van der Waals surface area contributed by atoms with Crippen molar-refractivity contribution in [1.29, 1.82) is 0 Å². The van der Waals surface area contributed by atoms with E-state index in [2.05, 4.69) is 26.5 Å². The van der Waals surface area contributed by atoms with Gasteiger partial charge in [0.15, 0.2) is 0 Å². The van der Waals surface area contributed by atoms with Crippen LogP contribution in [-0.4, -0.2) is 19.4 Å². The molecule has 0 aliphatic heterocycles. The molecule has 16 heavy (non-hydrogen) atoms. The Morgan fingerprint density at radius 2 is 2.31 bits per heavy atom. The van der Waals surface area contributed by atoms with Crippen molar-refractivity contribution in [3.63, 3.8) is 0 Å². The number of hydrazone groups is 1. The smallest absolute Gasteiger partial charge is 0.332 e. The molecule has 0 radical (unpaired) electrons. The predicted octanol–water partition coefficient (Wildman–Crippen LogP) is 1.77. The average molecular weight is 286 g/mol. The summed E-state index contributed by atoms with van der Waals surface area (Å²) < 4.78 is 6.12. The van der Waals surface area contributed by atoms with Crippen molar-refractivity contribution in [2.24, 2.45) is 10.8 Å². The van der Waals surface area contributed by atoms with Crippen molar-refractivity contribution in [3.8, 4) is 5.75 Å². The number of methoxy groups -OCH3 is 1. The van der Waals surface area contributed by atoms with Gasteiger partial charge in [0.1, 0.15) is 5.75 Å². The lowest BCUT2D eigenvalue weighted by Crippen LogP contribution is -2.24. The predicted molar refractivity (Wildman–Crippen MR) is 65.7 cm³/mol. The Morgan fingerprint density at radius 1 is 1.62 bits per heavy atom. The van der Waals surface area contributed by atoms with Crippen molar-refractivity contribution in [2.45, 2.75) is 6.92 Å². The van der Waals surface area contributed by atoms with E-state index in [9.17, 15) is 4.79 Å². The lowest BCUT2D eigenvalue weighted by atomic mass is 10.1. The Balaban J connectivity index is 2.98. The van der Waals surface area contributed by atoms with Gasteiger partial charge in [0.2, 0.25) is 0 Å². The number of hydrogen-bond acceptors (Lipinski definition) is 3. The van der Waals surface area contributed by atoms with Crippen LogP contribution < -0.4 is 15.9 Å². The number of amides is 2. The molecule has 0 bridgehead atoms. The highest BCUT2D eigenvalue weighted by molar-refractivity contribution is 9.10. The van der Waals surface area contributed by atoms with E-state index in [1.807, 2.05) is 19.1 Å². The fraction of sp³-hybridized carbons (Fsp3) is 0.200. The Kier molecular flexibility index (Phi) is 4.30. The lowest BCUT2D eigenvalue weighted by Gasteiger charge is -2.07. The number of ether oxygens (including phenoxy) is 1. The first-order valence-corrected chi connectivity index (χ1v) is 5.26. The summed E-state index contributed by atoms with van der Waals surface area (Å²) in [6.45, 7) is 1.95. The van der Waals surface area contributed by atoms with E-state index in [0.29, 0.717) is 5.75 Å². The number of rotatable bonds is 3. The van der Waals surface area contributed by atoms with Crippen LogP contribution in [0.5, 0.6) is 5.75 Å². The molecule has 0 aliphatic rings. The molecule has 0 aliphatic carbocycles. The molecule has 0 spiro atoms. The number of benzene rings is 1. The van der Waals surface area contributed by atoms with E-state index in [-0.39, 0.29) is 0 Å². The molecule has 0 aromatic heterocycles. The van der Waals surface area contributed by atoms with E-state index in [1.165, 1.54) is 6.21 Å². The number of nitrogens with two attached hydrogens (primary N) is 1. The van der Waals surface area contributed by atoms with Crippen molar-refractivity contribution in [1.82, 2.24) is 5.43 Å². The first-order chi connectivity index (χ1) is 7.54. The zero-order chi connectivity index (χ0) is 12.1. The monoisotopic (exact) mass is 285 g/mol. The van der Waals surface area contributed by atoms with Crippen LogP contribution in [0.3, 0.4) is 0 Å². The molecule has 0 fully saturated rings. The maximum absolute atomic E-state index is 10.4. The number of carbonyl (C=O) groups is 1. The zero-order valence-corrected chi connectivity index (χ0v) is 10.5. The van der Waals surface area contributed by atoms with Crippen LogP contribution in [0, 0.1) is 6.92 Å². The van der Waals surface area contributed by atoms with Crippen LogP contribution in [0.1, 0.15) is 11.1 Å². The fourth-order valence-corrected chi connectivity index (χ4v) is 1.47. The number of nitrogens with zero attached hydrogens (tertiary/aromatic N) is 1. The van der Waals surface area contributed by atoms with Crippen LogP contribution in [-0.2, 0) is 0 Å². The van der Waals surface area contributed by atoms with Crippen molar-refractivity contribution >= 4 is 28.2 Å². The highest BCUT2D eigenvalue weighted by Gasteiger charge is 2.04. The summed E-state index contributed by atoms with van der Waals surface area (Å²) in [5, 5.41) is 3.67. The summed E-state index contributed by atoms with van der Waals surface area (Å²) in [5.74, 6) is 0.677. The minimum absolute atomic E-state index is 0.677. The average Bonchev–Trinajstić information content (AvgIpc) is 2.22. The largest absolute Gasteiger partial charge is 0.496 e. The van der Waals surface area contributed by atoms with Crippen LogP contribution in [0.15, 0.2) is 21.7 Å². The molecule has 0 saturated heterocycles. The van der Waals surface area contributed by atoms with Gasteiger partial charge in [-0.2, -0.15) is 5.10 Å². The van der Waals surface area contributed by atoms with Crippen molar-refractivity contribution in [2.75, 3.05) is 7.11 Å². The van der Waals surface area contributed by atoms with Gasteiger partial charge in [-0.15, -0.1) is 0 Å². The van der Waals surface area contributed by atoms with E-state index < -0.39 is 6.03 Å². The Morgan fingerprint density at radius 3 is 2.88 bits per heavy atom. The van der Waals surface area contributed by atoms with Gasteiger partial charge in [-0.05, 0) is 24.6 Å². The normalized spacial score (nSPS) is 10.4. The summed E-state index contributed by atoms with van der Waals surface area (Å²) in [7, 11) is 1.57. The number of aryl methyl sites for hydroxylation is 1. The molecule has 5 nitrogen and oxygen atoms in total. The van der Waals surface area contributed by atoms with E-state index in [1.54, 1.807) is 7.11 Å². The summed E-state index contributed by atoms with van der Waals surface area (Å²) >= 11 is 3.40. The number of urea groups is 1. The molecule has 6 heteroatoms. The number of halogens is 1. The molecule has 1 aromatic rings. The van der Waals surface area contributed by atoms with Gasteiger partial charge >= 0.3 is 6.03 Å². The minimum atomic E-state index is -0.707. The van der Waals surface area contributed by atoms with Gasteiger partial charge in [0.05, 0.1) is 13.3 Å². The highest BCUT2D eigenvalue weighted by atomic mass is 79.9. The maximum atomic E-state index is 10.4. The molecule has 0 heterocycles. The SMILES string of the molecule is COc1cc(C)c(Br)cc1C=NNC(N)=O. The summed E-state index contributed by atoms with van der Waals surface area (Å²) in [6.07, 6.45) is 1.47. The summed E-state index contributed by atoms with van der Waals surface area (Å²) in [4.78, 5) is 10.4. The van der Waals surface area contributed by atoms with E-state index >= 15 is 0 Å². The molecule has 1 aromatic carbocycles. The topological polar surface area (TPSA) is 76.7 Å². The number of hydrogen-bond donors (Lipinski definition) is 2. The highest BCUT2D eigenvalue weighted by Crippen LogP contribution is 2.25. The third-order valence-corrected chi connectivity index (χ3v) is 2.74. The molecule has 86 valence electrons. The first kappa shape index (κ1) is 12.5. The van der Waals surface area contributed by atoms with Crippen LogP contribution in [0.2, 0.25) is 0 Å². The maximum Gasteiger partial charge on any atom is 0.332 e. The van der Waals surface area contributed by atoms with Crippen LogP contribution in [0.4, 0.5) is 4.79 Å². The van der Waals surface area contributed by atoms with E-state index in [4.69, 9.17) is 10.5 Å². The second-order valence-corrected chi connectivity index (χ2v) is 3.93. The van der Waals surface area contributed by atoms with Crippen molar-refractivity contribution < 1.29 is 9.53 Å². The van der Waals surface area contributed by atoms with Crippen LogP contribution in [0.25, 0.3) is 0 Å². The molecule has 1 rings (SSSR count). The molecular formula is C10H12BrN3O2. The number of nitrogens with one attached hydrogen (secondary N) is 1. The molecular weight excluding hydrogens is 274 g/mol. The Hall–Kier alpha value is -1.56. The first-order valence-electron chi connectivity index (χ1n) is 4.47. The number of carbonyl (C=O) groups excluding carboxylic acids is 1. The summed E-state index contributed by atoms with van der Waals surface area (Å²) in [6, 6.07) is 3.01. The fourth-order valence-electron chi connectivity index (χ4n) is 1.11. The molecule has 0 saturated carbocycles. The third-order valence-electron chi connectivity index (χ3n) is 1.89. The molecule has 0 unspecified atom stereocenters. The quantitative estimate of drug-likeness (QED) is 0.656. The number of primary amides is 1. The van der Waals surface area contributed by atoms with Gasteiger partial charge in [-0.25, -0.2) is 10.2 Å². The van der Waals surface area contributed by atoms with Gasteiger partial charge < -0.3 is 10.5 Å². The Bertz CT molecular complexity index is 432. The van der Waals surface area contributed by atoms with Crippen molar-refractivity contribution in [3.05, 3.63) is 27.7 Å².